The molecule has 1 saturated carbocycles. The molecule has 1 fully saturated rings. The zero-order valence-corrected chi connectivity index (χ0v) is 19.3. The Bertz CT molecular complexity index is 1160. The molecule has 1 aromatic carbocycles. The third-order valence-corrected chi connectivity index (χ3v) is 6.49. The average molecular weight is 465 g/mol. The number of rotatable bonds is 6. The van der Waals surface area contributed by atoms with Crippen LogP contribution in [0, 0.1) is 25.2 Å². The highest BCUT2D eigenvalue weighted by Gasteiger charge is 2.31. The van der Waals surface area contributed by atoms with Crippen LogP contribution in [-0.4, -0.2) is 35.1 Å². The second kappa shape index (κ2) is 10.00. The lowest BCUT2D eigenvalue weighted by molar-refractivity contribution is -0.150. The first-order valence-electron chi connectivity index (χ1n) is 11.5. The number of benzene rings is 1. The van der Waals surface area contributed by atoms with Crippen LogP contribution in [0.5, 0.6) is 5.75 Å². The van der Waals surface area contributed by atoms with Crippen LogP contribution in [0.3, 0.4) is 0 Å². The summed E-state index contributed by atoms with van der Waals surface area (Å²) in [7, 11) is 0. The Morgan fingerprint density at radius 2 is 1.97 bits per heavy atom. The maximum absolute atomic E-state index is 12.6. The van der Waals surface area contributed by atoms with Gasteiger partial charge < -0.3 is 24.7 Å². The number of fused-ring (bicyclic) bond motifs is 1. The van der Waals surface area contributed by atoms with Gasteiger partial charge in [0.05, 0.1) is 17.7 Å². The molecular weight excluding hydrogens is 436 g/mol. The molecular formula is C25H28N4O5. The summed E-state index contributed by atoms with van der Waals surface area (Å²) in [6, 6.07) is 9.34. The zero-order valence-electron chi connectivity index (χ0n) is 19.3. The molecule has 2 N–H and O–H groups in total. The number of nitrogens with zero attached hydrogens (tertiary/aromatic N) is 2. The molecule has 9 nitrogen and oxygen atoms in total. The number of ether oxygens (including phenoxy) is 2. The predicted octanol–water partition coefficient (Wildman–Crippen LogP) is 3.75. The van der Waals surface area contributed by atoms with Gasteiger partial charge in [-0.15, -0.1) is 0 Å². The zero-order chi connectivity index (χ0) is 24.2. The summed E-state index contributed by atoms with van der Waals surface area (Å²) >= 11 is 0. The quantitative estimate of drug-likeness (QED) is 0.628. The highest BCUT2D eigenvalue weighted by Crippen LogP contribution is 2.36. The fourth-order valence-corrected chi connectivity index (χ4v) is 4.63. The fourth-order valence-electron chi connectivity index (χ4n) is 4.63. The van der Waals surface area contributed by atoms with E-state index in [0.29, 0.717) is 22.8 Å². The maximum Gasteiger partial charge on any atom is 0.310 e. The van der Waals surface area contributed by atoms with Gasteiger partial charge in [-0.1, -0.05) is 31.4 Å². The number of hydrogen-bond acceptors (Lipinski definition) is 6. The normalized spacial score (nSPS) is 17.7. The second-order valence-corrected chi connectivity index (χ2v) is 8.71. The third kappa shape index (κ3) is 4.76. The standard InChI is InChI=1S/C25H28N4O5/c1-15-16(2)29(17-8-4-3-5-9-17)24(18(15)13-26)28-22(30)14-33-23(31)12-21-25(32)27-19-10-6-7-11-20(19)34-21/h6-7,10-11,17,21H,3-5,8-9,12,14H2,1-2H3,(H,27,32)(H,28,30)/t21-/m1/s1. The van der Waals surface area contributed by atoms with Gasteiger partial charge in [0.2, 0.25) is 0 Å². The Hall–Kier alpha value is -3.80. The first-order valence-corrected chi connectivity index (χ1v) is 11.5. The van der Waals surface area contributed by atoms with Crippen LogP contribution in [0.25, 0.3) is 0 Å². The van der Waals surface area contributed by atoms with Gasteiger partial charge in [0.1, 0.15) is 17.6 Å². The number of esters is 1. The highest BCUT2D eigenvalue weighted by atomic mass is 16.5. The number of anilines is 2. The van der Waals surface area contributed by atoms with Crippen molar-refractivity contribution in [2.45, 2.75) is 64.5 Å². The molecule has 0 radical (unpaired) electrons. The number of para-hydroxylation sites is 2. The average Bonchev–Trinajstić information content (AvgIpc) is 3.07. The van der Waals surface area contributed by atoms with Gasteiger partial charge in [0.15, 0.2) is 12.7 Å². The minimum Gasteiger partial charge on any atom is -0.478 e. The van der Waals surface area contributed by atoms with Crippen LogP contribution >= 0.6 is 0 Å². The van der Waals surface area contributed by atoms with E-state index in [0.717, 1.165) is 36.9 Å². The monoisotopic (exact) mass is 464 g/mol. The van der Waals surface area contributed by atoms with Gasteiger partial charge in [0, 0.05) is 11.7 Å². The summed E-state index contributed by atoms with van der Waals surface area (Å²) in [6.07, 6.45) is 4.02. The number of carbonyl (C=O) groups is 3. The summed E-state index contributed by atoms with van der Waals surface area (Å²) in [4.78, 5) is 37.1. The number of carbonyl (C=O) groups excluding carboxylic acids is 3. The topological polar surface area (TPSA) is 122 Å². The van der Waals surface area contributed by atoms with Gasteiger partial charge in [-0.3, -0.25) is 14.4 Å². The smallest absolute Gasteiger partial charge is 0.310 e. The van der Waals surface area contributed by atoms with Gasteiger partial charge in [-0.25, -0.2) is 0 Å². The molecule has 0 spiro atoms. The van der Waals surface area contributed by atoms with Crippen LogP contribution in [0.2, 0.25) is 0 Å². The Kier molecular flexibility index (Phi) is 6.87. The van der Waals surface area contributed by atoms with E-state index in [4.69, 9.17) is 9.47 Å². The van der Waals surface area contributed by atoms with Gasteiger partial charge in [-0.2, -0.15) is 5.26 Å². The van der Waals surface area contributed by atoms with Crippen LogP contribution < -0.4 is 15.4 Å². The molecule has 2 aromatic rings. The first kappa shape index (κ1) is 23.4. The second-order valence-electron chi connectivity index (χ2n) is 8.71. The van der Waals surface area contributed by atoms with E-state index in [-0.39, 0.29) is 12.5 Å². The van der Waals surface area contributed by atoms with Crippen LogP contribution in [0.4, 0.5) is 11.5 Å². The lowest BCUT2D eigenvalue weighted by Crippen LogP contribution is -2.39. The molecule has 2 heterocycles. The summed E-state index contributed by atoms with van der Waals surface area (Å²) in [6.45, 7) is 3.30. The van der Waals surface area contributed by atoms with Crippen molar-refractivity contribution in [1.29, 1.82) is 5.26 Å². The maximum atomic E-state index is 12.6. The van der Waals surface area contributed by atoms with Crippen LogP contribution in [-0.2, 0) is 19.1 Å². The molecule has 1 aromatic heterocycles. The van der Waals surface area contributed by atoms with Crippen molar-refractivity contribution in [2.75, 3.05) is 17.2 Å². The summed E-state index contributed by atoms with van der Waals surface area (Å²) in [5.74, 6) is -0.799. The third-order valence-electron chi connectivity index (χ3n) is 6.49. The molecule has 1 aliphatic heterocycles. The van der Waals surface area contributed by atoms with E-state index < -0.39 is 30.5 Å². The Morgan fingerprint density at radius 3 is 2.71 bits per heavy atom. The fraction of sp³-hybridized carbons (Fsp3) is 0.440. The molecule has 34 heavy (non-hydrogen) atoms. The molecule has 1 atom stereocenters. The van der Waals surface area contributed by atoms with E-state index in [1.165, 1.54) is 6.42 Å². The highest BCUT2D eigenvalue weighted by molar-refractivity contribution is 6.00. The van der Waals surface area contributed by atoms with Gasteiger partial charge in [-0.05, 0) is 44.4 Å². The number of nitriles is 1. The van der Waals surface area contributed by atoms with Crippen molar-refractivity contribution in [3.8, 4) is 11.8 Å². The number of nitrogens with one attached hydrogen (secondary N) is 2. The minimum atomic E-state index is -1.04. The van der Waals surface area contributed by atoms with Crippen molar-refractivity contribution >= 4 is 29.3 Å². The largest absolute Gasteiger partial charge is 0.478 e. The Labute approximate surface area is 198 Å². The number of aromatic nitrogens is 1. The Balaban J connectivity index is 1.38. The molecule has 2 aliphatic rings. The molecule has 0 saturated heterocycles. The van der Waals surface area contributed by atoms with E-state index >= 15 is 0 Å². The molecule has 9 heteroatoms. The molecule has 1 aliphatic carbocycles. The first-order chi connectivity index (χ1) is 16.4. The number of amides is 2. The summed E-state index contributed by atoms with van der Waals surface area (Å²) in [5, 5.41) is 15.2. The lowest BCUT2D eigenvalue weighted by atomic mass is 9.95. The summed E-state index contributed by atoms with van der Waals surface area (Å²) in [5.41, 5.74) is 2.75. The van der Waals surface area contributed by atoms with E-state index in [1.807, 2.05) is 18.4 Å². The van der Waals surface area contributed by atoms with Crippen molar-refractivity contribution in [3.05, 3.63) is 41.1 Å². The molecule has 0 unspecified atom stereocenters. The Morgan fingerprint density at radius 1 is 1.24 bits per heavy atom. The van der Waals surface area contributed by atoms with Crippen molar-refractivity contribution in [1.82, 2.24) is 4.57 Å². The molecule has 2 amide bonds. The van der Waals surface area contributed by atoms with E-state index in [2.05, 4.69) is 16.7 Å². The molecule has 178 valence electrons. The van der Waals surface area contributed by atoms with Gasteiger partial charge >= 0.3 is 5.97 Å². The predicted molar refractivity (Wildman–Crippen MR) is 124 cm³/mol. The SMILES string of the molecule is Cc1c(C#N)c(NC(=O)COC(=O)C[C@H]2Oc3ccccc3NC2=O)n(C2CCCCC2)c1C. The molecule has 0 bridgehead atoms. The van der Waals surface area contributed by atoms with Crippen molar-refractivity contribution < 1.29 is 23.9 Å². The van der Waals surface area contributed by atoms with Crippen molar-refractivity contribution in [2.24, 2.45) is 0 Å². The minimum absolute atomic E-state index is 0.220. The van der Waals surface area contributed by atoms with E-state index in [9.17, 15) is 19.6 Å². The number of hydrogen-bond donors (Lipinski definition) is 2. The van der Waals surface area contributed by atoms with Crippen LogP contribution in [0.1, 0.15) is 61.4 Å². The lowest BCUT2D eigenvalue weighted by Gasteiger charge is -2.27. The van der Waals surface area contributed by atoms with Crippen LogP contribution in [0.15, 0.2) is 24.3 Å². The molecule has 4 rings (SSSR count). The van der Waals surface area contributed by atoms with Crippen molar-refractivity contribution in [3.63, 3.8) is 0 Å². The van der Waals surface area contributed by atoms with E-state index in [1.54, 1.807) is 24.3 Å². The summed E-state index contributed by atoms with van der Waals surface area (Å²) < 4.78 is 12.7. The van der Waals surface area contributed by atoms with Gasteiger partial charge in [0.25, 0.3) is 11.8 Å².